The van der Waals surface area contributed by atoms with Gasteiger partial charge in [-0.2, -0.15) is 26.3 Å². The molecular weight excluding hydrogens is 470 g/mol. The molecule has 0 radical (unpaired) electrons. The molecule has 1 heterocycles. The first-order valence-electron chi connectivity index (χ1n) is 12.0. The van der Waals surface area contributed by atoms with Crippen molar-refractivity contribution in [3.63, 3.8) is 0 Å². The molecule has 3 rings (SSSR count). The third-order valence-electron chi connectivity index (χ3n) is 7.01. The predicted octanol–water partition coefficient (Wildman–Crippen LogP) is 7.92. The van der Waals surface area contributed by atoms with Crippen LogP contribution in [0.2, 0.25) is 0 Å². The van der Waals surface area contributed by atoms with E-state index in [4.69, 9.17) is 0 Å². The van der Waals surface area contributed by atoms with Crippen molar-refractivity contribution < 1.29 is 31.1 Å². The van der Waals surface area contributed by atoms with Gasteiger partial charge in [-0.1, -0.05) is 26.2 Å². The smallest absolute Gasteiger partial charge is 0.350 e. The monoisotopic (exact) mass is 502 g/mol. The minimum absolute atomic E-state index is 0.128. The summed E-state index contributed by atoms with van der Waals surface area (Å²) >= 11 is 0. The highest BCUT2D eigenvalue weighted by Crippen LogP contribution is 2.41. The molecule has 1 unspecified atom stereocenters. The second-order valence-corrected chi connectivity index (χ2v) is 9.63. The highest BCUT2D eigenvalue weighted by atomic mass is 19.4. The number of halogens is 6. The Morgan fingerprint density at radius 1 is 1.00 bits per heavy atom. The van der Waals surface area contributed by atoms with Gasteiger partial charge in [-0.05, 0) is 75.3 Å². The molecule has 1 saturated carbocycles. The molecule has 0 spiro atoms. The summed E-state index contributed by atoms with van der Waals surface area (Å²) in [7, 11) is 0. The van der Waals surface area contributed by atoms with Gasteiger partial charge in [0.25, 0.3) is 5.91 Å². The first-order valence-corrected chi connectivity index (χ1v) is 12.0. The number of hydrogen-bond donors (Lipinski definition) is 1. The second kappa shape index (κ2) is 10.3. The van der Waals surface area contributed by atoms with Gasteiger partial charge in [0.2, 0.25) is 0 Å². The fourth-order valence-electron chi connectivity index (χ4n) is 4.95. The van der Waals surface area contributed by atoms with E-state index in [1.165, 1.54) is 0 Å². The molecule has 1 amide bonds. The first kappa shape index (κ1) is 27.1. The quantitative estimate of drug-likeness (QED) is 0.400. The molecule has 0 aliphatic heterocycles. The zero-order valence-electron chi connectivity index (χ0n) is 20.5. The maximum atomic E-state index is 13.6. The number of rotatable bonds is 6. The average molecular weight is 503 g/mol. The van der Waals surface area contributed by atoms with Crippen LogP contribution in [0.15, 0.2) is 18.2 Å². The van der Waals surface area contributed by atoms with E-state index < -0.39 is 23.5 Å². The molecule has 9 heteroatoms. The molecule has 1 aromatic heterocycles. The van der Waals surface area contributed by atoms with Crippen LogP contribution >= 0.6 is 0 Å². The van der Waals surface area contributed by atoms with Crippen LogP contribution in [-0.4, -0.2) is 16.5 Å². The number of alkyl halides is 6. The Kier molecular flexibility index (Phi) is 7.96. The molecule has 35 heavy (non-hydrogen) atoms. The molecule has 1 aliphatic rings. The second-order valence-electron chi connectivity index (χ2n) is 9.63. The number of aromatic nitrogens is 1. The lowest BCUT2D eigenvalue weighted by atomic mass is 9.89. The summed E-state index contributed by atoms with van der Waals surface area (Å²) in [5, 5.41) is 2.88. The molecule has 1 aliphatic carbocycles. The maximum absolute atomic E-state index is 13.6. The Hall–Kier alpha value is -2.45. The maximum Gasteiger partial charge on any atom is 0.416 e. The molecule has 0 saturated heterocycles. The SMILES string of the molecule is CCC(C)NC(=O)c1c(C)c(-c2cc(C(F)(F)F)cc(C(F)(F)F)c2)n(CC2CCCCC2)c1C. The summed E-state index contributed by atoms with van der Waals surface area (Å²) in [6.07, 6.45) is -4.18. The van der Waals surface area contributed by atoms with Gasteiger partial charge in [-0.15, -0.1) is 0 Å². The zero-order valence-corrected chi connectivity index (χ0v) is 20.5. The normalized spacial score (nSPS) is 16.4. The van der Waals surface area contributed by atoms with Crippen molar-refractivity contribution in [1.82, 2.24) is 9.88 Å². The minimum Gasteiger partial charge on any atom is -0.350 e. The number of nitrogens with one attached hydrogen (secondary N) is 1. The van der Waals surface area contributed by atoms with E-state index >= 15 is 0 Å². The highest BCUT2D eigenvalue weighted by Gasteiger charge is 2.38. The van der Waals surface area contributed by atoms with Crippen LogP contribution in [0.5, 0.6) is 0 Å². The van der Waals surface area contributed by atoms with E-state index in [2.05, 4.69) is 5.32 Å². The number of carbonyl (C=O) groups is 1. The highest BCUT2D eigenvalue weighted by molar-refractivity contribution is 5.99. The van der Waals surface area contributed by atoms with Gasteiger partial charge < -0.3 is 9.88 Å². The molecule has 1 fully saturated rings. The van der Waals surface area contributed by atoms with Crippen molar-refractivity contribution in [3.8, 4) is 11.3 Å². The summed E-state index contributed by atoms with van der Waals surface area (Å²) in [6.45, 7) is 7.49. The molecule has 194 valence electrons. The van der Waals surface area contributed by atoms with Crippen LogP contribution in [0.1, 0.15) is 85.1 Å². The third-order valence-corrected chi connectivity index (χ3v) is 7.01. The van der Waals surface area contributed by atoms with E-state index in [-0.39, 0.29) is 35.2 Å². The van der Waals surface area contributed by atoms with Gasteiger partial charge in [-0.25, -0.2) is 0 Å². The van der Waals surface area contributed by atoms with Crippen LogP contribution in [-0.2, 0) is 18.9 Å². The fraction of sp³-hybridized carbons (Fsp3) is 0.577. The summed E-state index contributed by atoms with van der Waals surface area (Å²) in [4.78, 5) is 13.1. The van der Waals surface area contributed by atoms with Crippen molar-refractivity contribution in [2.75, 3.05) is 0 Å². The Balaban J connectivity index is 2.24. The lowest BCUT2D eigenvalue weighted by Gasteiger charge is -2.25. The lowest BCUT2D eigenvalue weighted by Crippen LogP contribution is -2.32. The number of carbonyl (C=O) groups excluding carboxylic acids is 1. The van der Waals surface area contributed by atoms with Crippen molar-refractivity contribution >= 4 is 5.91 Å². The first-order chi connectivity index (χ1) is 16.2. The fourth-order valence-corrected chi connectivity index (χ4v) is 4.95. The lowest BCUT2D eigenvalue weighted by molar-refractivity contribution is -0.143. The van der Waals surface area contributed by atoms with E-state index in [0.29, 0.717) is 29.8 Å². The third kappa shape index (κ3) is 6.04. The zero-order chi connectivity index (χ0) is 26.1. The molecule has 1 atom stereocenters. The largest absolute Gasteiger partial charge is 0.416 e. The Bertz CT molecular complexity index is 1030. The number of amides is 1. The molecule has 2 aromatic rings. The van der Waals surface area contributed by atoms with Gasteiger partial charge in [0.15, 0.2) is 0 Å². The van der Waals surface area contributed by atoms with Gasteiger partial charge in [-0.3, -0.25) is 4.79 Å². The van der Waals surface area contributed by atoms with Gasteiger partial charge in [0.05, 0.1) is 22.4 Å². The van der Waals surface area contributed by atoms with Crippen molar-refractivity contribution in [3.05, 3.63) is 46.1 Å². The summed E-state index contributed by atoms with van der Waals surface area (Å²) in [5.41, 5.74) is -1.44. The average Bonchev–Trinajstić information content (AvgIpc) is 3.02. The van der Waals surface area contributed by atoms with Gasteiger partial charge >= 0.3 is 12.4 Å². The van der Waals surface area contributed by atoms with Crippen LogP contribution in [0.4, 0.5) is 26.3 Å². The molecular formula is C26H32F6N2O. The van der Waals surface area contributed by atoms with E-state index in [9.17, 15) is 31.1 Å². The Morgan fingerprint density at radius 3 is 2.03 bits per heavy atom. The van der Waals surface area contributed by atoms with Crippen molar-refractivity contribution in [2.45, 2.75) is 91.2 Å². The topological polar surface area (TPSA) is 34.0 Å². The molecule has 1 N–H and O–H groups in total. The van der Waals surface area contributed by atoms with Crippen LogP contribution < -0.4 is 5.32 Å². The van der Waals surface area contributed by atoms with Crippen molar-refractivity contribution in [2.24, 2.45) is 5.92 Å². The van der Waals surface area contributed by atoms with Crippen LogP contribution in [0.3, 0.4) is 0 Å². The van der Waals surface area contributed by atoms with E-state index in [1.54, 1.807) is 18.4 Å². The summed E-state index contributed by atoms with van der Waals surface area (Å²) in [6, 6.07) is 1.52. The predicted molar refractivity (Wildman–Crippen MR) is 123 cm³/mol. The number of benzene rings is 1. The van der Waals surface area contributed by atoms with E-state index in [1.807, 2.05) is 13.8 Å². The number of nitrogens with zero attached hydrogens (tertiary/aromatic N) is 1. The van der Waals surface area contributed by atoms with Crippen LogP contribution in [0, 0.1) is 19.8 Å². The van der Waals surface area contributed by atoms with Crippen molar-refractivity contribution in [1.29, 1.82) is 0 Å². The summed E-state index contributed by atoms with van der Waals surface area (Å²) in [5.74, 6) is -0.132. The summed E-state index contributed by atoms with van der Waals surface area (Å²) < 4.78 is 83.3. The van der Waals surface area contributed by atoms with Crippen LogP contribution in [0.25, 0.3) is 11.3 Å². The molecule has 1 aromatic carbocycles. The Labute approximate surface area is 201 Å². The van der Waals surface area contributed by atoms with Gasteiger partial charge in [0.1, 0.15) is 0 Å². The standard InChI is InChI=1S/C26H32F6N2O/c1-5-15(2)33-24(35)22-16(3)23(34(17(22)4)14-18-9-7-6-8-10-18)19-11-20(25(27,28)29)13-21(12-19)26(30,31)32/h11-13,15,18H,5-10,14H2,1-4H3,(H,33,35). The van der Waals surface area contributed by atoms with Gasteiger partial charge in [0, 0.05) is 18.3 Å². The Morgan fingerprint density at radius 2 is 1.54 bits per heavy atom. The molecule has 3 nitrogen and oxygen atoms in total. The van der Waals surface area contributed by atoms with E-state index in [0.717, 1.165) is 44.2 Å². The number of hydrogen-bond acceptors (Lipinski definition) is 1. The minimum atomic E-state index is -4.95. The molecule has 0 bridgehead atoms.